The fourth-order valence-electron chi connectivity index (χ4n) is 1.69. The van der Waals surface area contributed by atoms with Gasteiger partial charge in [0.25, 0.3) is 5.91 Å². The summed E-state index contributed by atoms with van der Waals surface area (Å²) in [6.07, 6.45) is 0. The molecule has 0 aliphatic rings. The van der Waals surface area contributed by atoms with Crippen molar-refractivity contribution in [3.63, 3.8) is 0 Å². The van der Waals surface area contributed by atoms with E-state index in [1.54, 1.807) is 25.1 Å². The average molecular weight is 284 g/mol. The maximum atomic E-state index is 12.5. The highest BCUT2D eigenvalue weighted by Crippen LogP contribution is 2.20. The topological polar surface area (TPSA) is 78.9 Å². The molecule has 0 unspecified atom stereocenters. The molecular weight excluding hydrogens is 266 g/mol. The van der Waals surface area contributed by atoms with E-state index in [4.69, 9.17) is 22.5 Å². The average Bonchev–Trinajstić information content (AvgIpc) is 2.37. The second-order valence-corrected chi connectivity index (χ2v) is 4.94. The van der Waals surface area contributed by atoms with Crippen molar-refractivity contribution >= 4 is 23.3 Å². The quantitative estimate of drug-likeness (QED) is 0.385. The predicted molar refractivity (Wildman–Crippen MR) is 75.8 cm³/mol. The minimum atomic E-state index is -0.193. The summed E-state index contributed by atoms with van der Waals surface area (Å²) in [5.74, 6) is -0.205. The highest BCUT2D eigenvalue weighted by Gasteiger charge is 2.22. The molecule has 0 radical (unpaired) electrons. The Morgan fingerprint density at radius 2 is 2.16 bits per heavy atom. The number of nitrogens with zero attached hydrogens (tertiary/aromatic N) is 2. The largest absolute Gasteiger partial charge is 0.409 e. The third-order valence-corrected chi connectivity index (χ3v) is 3.25. The minimum Gasteiger partial charge on any atom is -0.409 e. The number of hydrogen-bond acceptors (Lipinski definition) is 3. The zero-order valence-electron chi connectivity index (χ0n) is 11.2. The van der Waals surface area contributed by atoms with Crippen molar-refractivity contribution in [3.8, 4) is 0 Å². The molecule has 0 aromatic heterocycles. The lowest BCUT2D eigenvalue weighted by atomic mass is 10.1. The molecule has 5 nitrogen and oxygen atoms in total. The van der Waals surface area contributed by atoms with Crippen LogP contribution >= 0.6 is 11.6 Å². The fraction of sp³-hybridized carbons (Fsp3) is 0.385. The number of benzene rings is 1. The number of amides is 1. The lowest BCUT2D eigenvalue weighted by Crippen LogP contribution is -2.43. The van der Waals surface area contributed by atoms with E-state index in [9.17, 15) is 4.79 Å². The molecule has 1 aromatic rings. The third kappa shape index (κ3) is 3.61. The first kappa shape index (κ1) is 15.3. The molecule has 104 valence electrons. The van der Waals surface area contributed by atoms with E-state index in [-0.39, 0.29) is 24.3 Å². The van der Waals surface area contributed by atoms with Gasteiger partial charge in [-0.25, -0.2) is 0 Å². The Hall–Kier alpha value is -1.75. The highest BCUT2D eigenvalue weighted by molar-refractivity contribution is 6.31. The standard InChI is InChI=1S/C13H18ClN3O2/c1-8(2)17(7-12(15)16-19)13(18)10-5-4-6-11(14)9(10)3/h4-6,8,19H,7H2,1-3H3,(H2,15,16). The van der Waals surface area contributed by atoms with Gasteiger partial charge in [-0.15, -0.1) is 0 Å². The number of hydrogen-bond donors (Lipinski definition) is 2. The second kappa shape index (κ2) is 6.43. The number of oxime groups is 1. The van der Waals surface area contributed by atoms with Gasteiger partial charge in [-0.2, -0.15) is 0 Å². The van der Waals surface area contributed by atoms with Crippen LogP contribution < -0.4 is 5.73 Å². The van der Waals surface area contributed by atoms with Crippen LogP contribution in [-0.4, -0.2) is 34.4 Å². The predicted octanol–water partition coefficient (Wildman–Crippen LogP) is 2.25. The van der Waals surface area contributed by atoms with Gasteiger partial charge in [0.05, 0.1) is 6.54 Å². The van der Waals surface area contributed by atoms with Crippen LogP contribution in [0, 0.1) is 6.92 Å². The molecule has 0 aliphatic carbocycles. The van der Waals surface area contributed by atoms with Crippen molar-refractivity contribution in [3.05, 3.63) is 34.3 Å². The van der Waals surface area contributed by atoms with Crippen LogP contribution in [0.25, 0.3) is 0 Å². The van der Waals surface area contributed by atoms with Gasteiger partial charge < -0.3 is 15.8 Å². The normalized spacial score (nSPS) is 11.7. The summed E-state index contributed by atoms with van der Waals surface area (Å²) in [6.45, 7) is 5.58. The van der Waals surface area contributed by atoms with E-state index in [2.05, 4.69) is 5.16 Å². The fourth-order valence-corrected chi connectivity index (χ4v) is 1.86. The van der Waals surface area contributed by atoms with Gasteiger partial charge >= 0.3 is 0 Å². The molecule has 1 amide bonds. The summed E-state index contributed by atoms with van der Waals surface area (Å²) in [7, 11) is 0. The zero-order valence-corrected chi connectivity index (χ0v) is 12.0. The van der Waals surface area contributed by atoms with Crippen LogP contribution in [0.1, 0.15) is 29.8 Å². The molecule has 0 saturated heterocycles. The first-order valence-corrected chi connectivity index (χ1v) is 6.28. The molecule has 0 heterocycles. The van der Waals surface area contributed by atoms with Crippen LogP contribution in [-0.2, 0) is 0 Å². The lowest BCUT2D eigenvalue weighted by Gasteiger charge is -2.27. The maximum absolute atomic E-state index is 12.5. The molecule has 6 heteroatoms. The van der Waals surface area contributed by atoms with Crippen molar-refractivity contribution in [2.24, 2.45) is 10.9 Å². The summed E-state index contributed by atoms with van der Waals surface area (Å²) in [6, 6.07) is 5.10. The van der Waals surface area contributed by atoms with Crippen molar-refractivity contribution in [1.29, 1.82) is 0 Å². The Morgan fingerprint density at radius 1 is 1.53 bits per heavy atom. The Bertz CT molecular complexity index is 501. The van der Waals surface area contributed by atoms with Crippen molar-refractivity contribution < 1.29 is 10.0 Å². The Labute approximate surface area is 117 Å². The molecule has 0 atom stereocenters. The Balaban J connectivity index is 3.10. The van der Waals surface area contributed by atoms with Crippen LogP contribution in [0.4, 0.5) is 0 Å². The van der Waals surface area contributed by atoms with Crippen LogP contribution in [0.15, 0.2) is 23.4 Å². The SMILES string of the molecule is Cc1c(Cl)cccc1C(=O)N(C/C(N)=N/O)C(C)C. The molecule has 0 spiro atoms. The van der Waals surface area contributed by atoms with Crippen molar-refractivity contribution in [2.45, 2.75) is 26.8 Å². The lowest BCUT2D eigenvalue weighted by molar-refractivity contribution is 0.0733. The molecule has 0 bridgehead atoms. The number of carbonyl (C=O) groups is 1. The minimum absolute atomic E-state index is 0.0123. The van der Waals surface area contributed by atoms with Gasteiger partial charge in [-0.3, -0.25) is 4.79 Å². The van der Waals surface area contributed by atoms with Crippen LogP contribution in [0.2, 0.25) is 5.02 Å². The van der Waals surface area contributed by atoms with Gasteiger partial charge in [-0.05, 0) is 38.5 Å². The third-order valence-electron chi connectivity index (χ3n) is 2.84. The molecule has 0 saturated carbocycles. The number of halogens is 1. The van der Waals surface area contributed by atoms with Crippen LogP contribution in [0.3, 0.4) is 0 Å². The zero-order chi connectivity index (χ0) is 14.6. The first-order chi connectivity index (χ1) is 8.88. The van der Waals surface area contributed by atoms with E-state index in [0.717, 1.165) is 5.56 Å². The maximum Gasteiger partial charge on any atom is 0.254 e. The highest BCUT2D eigenvalue weighted by atomic mass is 35.5. The van der Waals surface area contributed by atoms with Gasteiger partial charge in [0, 0.05) is 16.6 Å². The molecular formula is C13H18ClN3O2. The Morgan fingerprint density at radius 3 is 2.68 bits per heavy atom. The summed E-state index contributed by atoms with van der Waals surface area (Å²) in [5.41, 5.74) is 6.72. The Kier molecular flexibility index (Phi) is 5.18. The van der Waals surface area contributed by atoms with E-state index in [1.807, 2.05) is 13.8 Å². The summed E-state index contributed by atoms with van der Waals surface area (Å²) >= 11 is 6.02. The summed E-state index contributed by atoms with van der Waals surface area (Å²) in [4.78, 5) is 14.0. The number of rotatable bonds is 4. The van der Waals surface area contributed by atoms with Gasteiger partial charge in [-0.1, -0.05) is 22.8 Å². The number of amidine groups is 1. The van der Waals surface area contributed by atoms with Crippen molar-refractivity contribution in [1.82, 2.24) is 4.90 Å². The molecule has 1 rings (SSSR count). The molecule has 3 N–H and O–H groups in total. The summed E-state index contributed by atoms with van der Waals surface area (Å²) < 4.78 is 0. The van der Waals surface area contributed by atoms with Gasteiger partial charge in [0.2, 0.25) is 0 Å². The number of nitrogens with two attached hydrogens (primary N) is 1. The van der Waals surface area contributed by atoms with Crippen LogP contribution in [0.5, 0.6) is 0 Å². The second-order valence-electron chi connectivity index (χ2n) is 4.53. The number of carbonyl (C=O) groups excluding carboxylic acids is 1. The smallest absolute Gasteiger partial charge is 0.254 e. The van der Waals surface area contributed by atoms with E-state index in [0.29, 0.717) is 10.6 Å². The summed E-state index contributed by atoms with van der Waals surface area (Å²) in [5, 5.41) is 12.1. The van der Waals surface area contributed by atoms with E-state index >= 15 is 0 Å². The molecule has 0 fully saturated rings. The molecule has 0 aliphatic heterocycles. The van der Waals surface area contributed by atoms with Gasteiger partial charge in [0.15, 0.2) is 5.84 Å². The van der Waals surface area contributed by atoms with Crippen molar-refractivity contribution in [2.75, 3.05) is 6.54 Å². The van der Waals surface area contributed by atoms with E-state index < -0.39 is 0 Å². The molecule has 1 aromatic carbocycles. The van der Waals surface area contributed by atoms with E-state index in [1.165, 1.54) is 4.90 Å². The first-order valence-electron chi connectivity index (χ1n) is 5.91. The monoisotopic (exact) mass is 283 g/mol. The van der Waals surface area contributed by atoms with Gasteiger partial charge in [0.1, 0.15) is 0 Å². The molecule has 19 heavy (non-hydrogen) atoms.